The standard InChI is InChI=1S/C18H30N2O/c1-6-18(4)13-20(15(3)9-10-19-18)12-16-11-14(2)7-8-17(16)21-5/h7-8,11,15,19H,6,9-10,12-13H2,1-5H3. The van der Waals surface area contributed by atoms with E-state index in [1.807, 2.05) is 0 Å². The molecule has 1 saturated heterocycles. The summed E-state index contributed by atoms with van der Waals surface area (Å²) in [5.41, 5.74) is 2.80. The smallest absolute Gasteiger partial charge is 0.123 e. The molecule has 2 unspecified atom stereocenters. The van der Waals surface area contributed by atoms with Crippen molar-refractivity contribution in [2.75, 3.05) is 20.2 Å². The summed E-state index contributed by atoms with van der Waals surface area (Å²) < 4.78 is 5.54. The minimum Gasteiger partial charge on any atom is -0.496 e. The molecule has 0 amide bonds. The van der Waals surface area contributed by atoms with Crippen molar-refractivity contribution in [2.24, 2.45) is 0 Å². The molecule has 2 rings (SSSR count). The fraction of sp³-hybridized carbons (Fsp3) is 0.667. The number of nitrogens with zero attached hydrogens (tertiary/aromatic N) is 1. The lowest BCUT2D eigenvalue weighted by atomic mass is 9.98. The summed E-state index contributed by atoms with van der Waals surface area (Å²) in [4.78, 5) is 2.60. The molecule has 0 saturated carbocycles. The number of aryl methyl sites for hydroxylation is 1. The zero-order chi connectivity index (χ0) is 15.5. The molecule has 0 aliphatic carbocycles. The Balaban J connectivity index is 2.21. The van der Waals surface area contributed by atoms with Gasteiger partial charge in [-0.15, -0.1) is 0 Å². The Morgan fingerprint density at radius 3 is 2.86 bits per heavy atom. The second kappa shape index (κ2) is 6.80. The minimum atomic E-state index is 0.210. The maximum absolute atomic E-state index is 5.54. The predicted octanol–water partition coefficient (Wildman–Crippen LogP) is 3.36. The highest BCUT2D eigenvalue weighted by Crippen LogP contribution is 2.26. The first-order chi connectivity index (χ1) is 9.97. The van der Waals surface area contributed by atoms with Crippen LogP contribution < -0.4 is 10.1 Å². The molecule has 1 N–H and O–H groups in total. The van der Waals surface area contributed by atoms with E-state index in [-0.39, 0.29) is 5.54 Å². The van der Waals surface area contributed by atoms with Gasteiger partial charge >= 0.3 is 0 Å². The molecule has 3 heteroatoms. The molecule has 0 radical (unpaired) electrons. The number of nitrogens with one attached hydrogen (secondary N) is 1. The van der Waals surface area contributed by atoms with E-state index in [0.29, 0.717) is 6.04 Å². The van der Waals surface area contributed by atoms with Gasteiger partial charge in [0.1, 0.15) is 5.75 Å². The molecule has 1 heterocycles. The topological polar surface area (TPSA) is 24.5 Å². The molecule has 21 heavy (non-hydrogen) atoms. The molecule has 118 valence electrons. The molecule has 1 aromatic carbocycles. The van der Waals surface area contributed by atoms with Crippen molar-refractivity contribution in [3.63, 3.8) is 0 Å². The first-order valence-electron chi connectivity index (χ1n) is 8.10. The second-order valence-electron chi connectivity index (χ2n) is 6.70. The van der Waals surface area contributed by atoms with Crippen molar-refractivity contribution >= 4 is 0 Å². The molecule has 1 aliphatic rings. The lowest BCUT2D eigenvalue weighted by Crippen LogP contribution is -2.49. The van der Waals surface area contributed by atoms with Gasteiger partial charge < -0.3 is 10.1 Å². The Bertz CT molecular complexity index is 474. The van der Waals surface area contributed by atoms with Gasteiger partial charge in [0.25, 0.3) is 0 Å². The lowest BCUT2D eigenvalue weighted by molar-refractivity contribution is 0.162. The second-order valence-corrected chi connectivity index (χ2v) is 6.70. The summed E-state index contributed by atoms with van der Waals surface area (Å²) in [6.45, 7) is 12.2. The van der Waals surface area contributed by atoms with Gasteiger partial charge in [-0.25, -0.2) is 0 Å². The van der Waals surface area contributed by atoms with Gasteiger partial charge in [-0.2, -0.15) is 0 Å². The minimum absolute atomic E-state index is 0.210. The summed E-state index contributed by atoms with van der Waals surface area (Å²) in [7, 11) is 1.76. The summed E-state index contributed by atoms with van der Waals surface area (Å²) >= 11 is 0. The number of rotatable bonds is 4. The molecule has 1 fully saturated rings. The third kappa shape index (κ3) is 3.98. The van der Waals surface area contributed by atoms with Crippen LogP contribution in [0.5, 0.6) is 5.75 Å². The van der Waals surface area contributed by atoms with E-state index in [1.54, 1.807) is 7.11 Å². The molecule has 0 aromatic heterocycles. The van der Waals surface area contributed by atoms with Crippen LogP contribution in [0.15, 0.2) is 18.2 Å². The zero-order valence-corrected chi connectivity index (χ0v) is 14.2. The third-order valence-corrected chi connectivity index (χ3v) is 4.88. The van der Waals surface area contributed by atoms with Crippen LogP contribution in [0.2, 0.25) is 0 Å². The number of ether oxygens (including phenoxy) is 1. The van der Waals surface area contributed by atoms with Gasteiger partial charge in [0.05, 0.1) is 7.11 Å². The first kappa shape index (κ1) is 16.3. The Morgan fingerprint density at radius 2 is 2.19 bits per heavy atom. The van der Waals surface area contributed by atoms with Crippen molar-refractivity contribution in [1.82, 2.24) is 10.2 Å². The fourth-order valence-corrected chi connectivity index (χ4v) is 3.12. The Morgan fingerprint density at radius 1 is 1.43 bits per heavy atom. The van der Waals surface area contributed by atoms with E-state index < -0.39 is 0 Å². The van der Waals surface area contributed by atoms with Gasteiger partial charge in [0.15, 0.2) is 0 Å². The van der Waals surface area contributed by atoms with Crippen molar-refractivity contribution in [2.45, 2.75) is 58.7 Å². The maximum atomic E-state index is 5.54. The summed E-state index contributed by atoms with van der Waals surface area (Å²) in [5.74, 6) is 1.00. The molecule has 0 spiro atoms. The van der Waals surface area contributed by atoms with E-state index in [0.717, 1.165) is 31.8 Å². The van der Waals surface area contributed by atoms with Crippen LogP contribution in [0.1, 0.15) is 44.7 Å². The SMILES string of the molecule is CCC1(C)CN(Cc2cc(C)ccc2OC)C(C)CCN1. The Hall–Kier alpha value is -1.06. The normalized spacial score (nSPS) is 27.4. The van der Waals surface area contributed by atoms with Gasteiger partial charge in [0.2, 0.25) is 0 Å². The van der Waals surface area contributed by atoms with Crippen LogP contribution in [-0.2, 0) is 6.54 Å². The van der Waals surface area contributed by atoms with Crippen LogP contribution in [0.25, 0.3) is 0 Å². The van der Waals surface area contributed by atoms with E-state index in [1.165, 1.54) is 17.5 Å². The number of benzene rings is 1. The quantitative estimate of drug-likeness (QED) is 0.920. The highest BCUT2D eigenvalue weighted by molar-refractivity contribution is 5.36. The molecule has 3 nitrogen and oxygen atoms in total. The molecular formula is C18H30N2O. The summed E-state index contributed by atoms with van der Waals surface area (Å²) in [5, 5.41) is 3.72. The van der Waals surface area contributed by atoms with Gasteiger partial charge in [-0.1, -0.05) is 24.6 Å². The Labute approximate surface area is 129 Å². The molecular weight excluding hydrogens is 260 g/mol. The highest BCUT2D eigenvalue weighted by Gasteiger charge is 2.30. The van der Waals surface area contributed by atoms with Crippen LogP contribution in [0.4, 0.5) is 0 Å². The van der Waals surface area contributed by atoms with Gasteiger partial charge in [-0.05, 0) is 46.2 Å². The number of methoxy groups -OCH3 is 1. The molecule has 1 aliphatic heterocycles. The average molecular weight is 290 g/mol. The maximum Gasteiger partial charge on any atom is 0.123 e. The van der Waals surface area contributed by atoms with Crippen LogP contribution in [-0.4, -0.2) is 36.7 Å². The fourth-order valence-electron chi connectivity index (χ4n) is 3.12. The number of hydrogen-bond acceptors (Lipinski definition) is 3. The van der Waals surface area contributed by atoms with Gasteiger partial charge in [-0.3, -0.25) is 4.90 Å². The zero-order valence-electron chi connectivity index (χ0n) is 14.2. The number of hydrogen-bond donors (Lipinski definition) is 1. The Kier molecular flexibility index (Phi) is 5.28. The van der Waals surface area contributed by atoms with E-state index in [2.05, 4.69) is 56.1 Å². The summed E-state index contributed by atoms with van der Waals surface area (Å²) in [6, 6.07) is 7.06. The van der Waals surface area contributed by atoms with Crippen LogP contribution >= 0.6 is 0 Å². The monoisotopic (exact) mass is 290 g/mol. The summed E-state index contributed by atoms with van der Waals surface area (Å²) in [6.07, 6.45) is 2.35. The van der Waals surface area contributed by atoms with Crippen molar-refractivity contribution in [3.05, 3.63) is 29.3 Å². The first-order valence-corrected chi connectivity index (χ1v) is 8.10. The lowest BCUT2D eigenvalue weighted by Gasteiger charge is -2.35. The largest absolute Gasteiger partial charge is 0.496 e. The molecule has 0 bridgehead atoms. The average Bonchev–Trinajstić information content (AvgIpc) is 2.60. The van der Waals surface area contributed by atoms with E-state index in [4.69, 9.17) is 4.74 Å². The predicted molar refractivity (Wildman–Crippen MR) is 88.9 cm³/mol. The van der Waals surface area contributed by atoms with E-state index >= 15 is 0 Å². The highest BCUT2D eigenvalue weighted by atomic mass is 16.5. The van der Waals surface area contributed by atoms with Crippen molar-refractivity contribution < 1.29 is 4.74 Å². The molecule has 1 aromatic rings. The van der Waals surface area contributed by atoms with E-state index in [9.17, 15) is 0 Å². The van der Waals surface area contributed by atoms with Gasteiger partial charge in [0, 0.05) is 30.2 Å². The van der Waals surface area contributed by atoms with Crippen LogP contribution in [0, 0.1) is 6.92 Å². The molecule has 2 atom stereocenters. The van der Waals surface area contributed by atoms with Crippen LogP contribution in [0.3, 0.4) is 0 Å². The van der Waals surface area contributed by atoms with Crippen molar-refractivity contribution in [1.29, 1.82) is 0 Å². The van der Waals surface area contributed by atoms with Crippen molar-refractivity contribution in [3.8, 4) is 5.75 Å². The third-order valence-electron chi connectivity index (χ3n) is 4.88.